The number of sulfonamides is 1. The Morgan fingerprint density at radius 2 is 1.89 bits per heavy atom. The van der Waals surface area contributed by atoms with E-state index in [2.05, 4.69) is 44.3 Å². The molecule has 2 aromatic carbocycles. The molecule has 0 amide bonds. The molecule has 3 aromatic rings. The molecule has 0 aliphatic rings. The maximum atomic E-state index is 12.4. The SMILES string of the molecule is CNS(=O)(=O)c1ccccc1Nc1nc(Cc2ccc(NCCCN(C)C)cc2OC(C)C)ncc1Cl. The van der Waals surface area contributed by atoms with Gasteiger partial charge in [0.25, 0.3) is 0 Å². The van der Waals surface area contributed by atoms with Crippen LogP contribution >= 0.6 is 11.6 Å². The lowest BCUT2D eigenvalue weighted by Crippen LogP contribution is -2.19. The van der Waals surface area contributed by atoms with Crippen molar-refractivity contribution in [3.63, 3.8) is 0 Å². The summed E-state index contributed by atoms with van der Waals surface area (Å²) in [7, 11) is 1.81. The minimum Gasteiger partial charge on any atom is -0.491 e. The van der Waals surface area contributed by atoms with Gasteiger partial charge in [0.2, 0.25) is 10.0 Å². The molecule has 0 radical (unpaired) electrons. The minimum absolute atomic E-state index is 0.00303. The maximum absolute atomic E-state index is 12.4. The molecule has 37 heavy (non-hydrogen) atoms. The fraction of sp³-hybridized carbons (Fsp3) is 0.385. The maximum Gasteiger partial charge on any atom is 0.242 e. The minimum atomic E-state index is -3.68. The standard InChI is InChI=1S/C26H35ClN6O3S/c1-18(2)36-23-16-20(29-13-8-14-33(4)5)12-11-19(23)15-25-30-17-21(27)26(32-25)31-22-9-6-7-10-24(22)37(34,35)28-3/h6-7,9-12,16-18,28-29H,8,13-15H2,1-5H3,(H,30,31,32). The Bertz CT molecular complexity index is 1300. The summed E-state index contributed by atoms with van der Waals surface area (Å²) >= 11 is 6.36. The van der Waals surface area contributed by atoms with Gasteiger partial charge < -0.3 is 20.3 Å². The van der Waals surface area contributed by atoms with Gasteiger partial charge >= 0.3 is 0 Å². The second-order valence-electron chi connectivity index (χ2n) is 9.06. The smallest absolute Gasteiger partial charge is 0.242 e. The van der Waals surface area contributed by atoms with Crippen LogP contribution in [0.4, 0.5) is 17.2 Å². The first-order valence-electron chi connectivity index (χ1n) is 12.1. The number of ether oxygens (including phenoxy) is 1. The van der Waals surface area contributed by atoms with Crippen molar-refractivity contribution in [2.24, 2.45) is 0 Å². The zero-order valence-electron chi connectivity index (χ0n) is 21.9. The van der Waals surface area contributed by atoms with Gasteiger partial charge in [-0.3, -0.25) is 0 Å². The van der Waals surface area contributed by atoms with E-state index in [4.69, 9.17) is 16.3 Å². The predicted molar refractivity (Wildman–Crippen MR) is 150 cm³/mol. The van der Waals surface area contributed by atoms with Crippen molar-refractivity contribution in [3.8, 4) is 5.75 Å². The van der Waals surface area contributed by atoms with Crippen LogP contribution in [0.5, 0.6) is 5.75 Å². The summed E-state index contributed by atoms with van der Waals surface area (Å²) in [6, 6.07) is 12.6. The summed E-state index contributed by atoms with van der Waals surface area (Å²) in [6.07, 6.45) is 2.94. The fourth-order valence-corrected chi connectivity index (χ4v) is 4.62. The van der Waals surface area contributed by atoms with E-state index in [1.54, 1.807) is 18.2 Å². The number of aromatic nitrogens is 2. The van der Waals surface area contributed by atoms with Crippen LogP contribution < -0.4 is 20.1 Å². The van der Waals surface area contributed by atoms with Crippen molar-refractivity contribution in [1.29, 1.82) is 0 Å². The molecule has 200 valence electrons. The molecular formula is C26H35ClN6O3S. The highest BCUT2D eigenvalue weighted by atomic mass is 35.5. The van der Waals surface area contributed by atoms with E-state index in [0.29, 0.717) is 23.8 Å². The van der Waals surface area contributed by atoms with Crippen molar-refractivity contribution in [3.05, 3.63) is 65.1 Å². The van der Waals surface area contributed by atoms with Gasteiger partial charge in [0.1, 0.15) is 21.5 Å². The summed E-state index contributed by atoms with van der Waals surface area (Å²) in [6.45, 7) is 5.84. The van der Waals surface area contributed by atoms with E-state index >= 15 is 0 Å². The highest BCUT2D eigenvalue weighted by Crippen LogP contribution is 2.30. The summed E-state index contributed by atoms with van der Waals surface area (Å²) < 4.78 is 33.3. The quantitative estimate of drug-likeness (QED) is 0.268. The highest BCUT2D eigenvalue weighted by molar-refractivity contribution is 7.89. The number of hydrogen-bond donors (Lipinski definition) is 3. The lowest BCUT2D eigenvalue weighted by Gasteiger charge is -2.17. The zero-order chi connectivity index (χ0) is 27.0. The van der Waals surface area contributed by atoms with Crippen LogP contribution in [-0.4, -0.2) is 63.6 Å². The molecule has 11 heteroatoms. The zero-order valence-corrected chi connectivity index (χ0v) is 23.4. The Labute approximate surface area is 224 Å². The Balaban J connectivity index is 1.84. The molecule has 0 fully saturated rings. The third-order valence-corrected chi connectivity index (χ3v) is 7.13. The number of rotatable bonds is 13. The van der Waals surface area contributed by atoms with E-state index in [0.717, 1.165) is 36.5 Å². The molecule has 0 bridgehead atoms. The van der Waals surface area contributed by atoms with Crippen LogP contribution in [0.15, 0.2) is 53.6 Å². The van der Waals surface area contributed by atoms with Crippen LogP contribution in [0, 0.1) is 0 Å². The van der Waals surface area contributed by atoms with Gasteiger partial charge in [0.05, 0.1) is 18.0 Å². The topological polar surface area (TPSA) is 108 Å². The number of hydrogen-bond acceptors (Lipinski definition) is 8. The van der Waals surface area contributed by atoms with Gasteiger partial charge in [-0.15, -0.1) is 0 Å². The number of para-hydroxylation sites is 1. The fourth-order valence-electron chi connectivity index (χ4n) is 3.59. The summed E-state index contributed by atoms with van der Waals surface area (Å²) in [5.74, 6) is 1.59. The third-order valence-electron chi connectivity index (χ3n) is 5.38. The number of nitrogens with one attached hydrogen (secondary N) is 3. The molecule has 0 unspecified atom stereocenters. The molecule has 9 nitrogen and oxygen atoms in total. The number of benzene rings is 2. The Kier molecular flexibility index (Phi) is 10.1. The summed E-state index contributed by atoms with van der Waals surface area (Å²) in [4.78, 5) is 11.2. The van der Waals surface area contributed by atoms with Crippen molar-refractivity contribution in [2.75, 3.05) is 44.9 Å². The first-order chi connectivity index (χ1) is 17.6. The van der Waals surface area contributed by atoms with Gasteiger partial charge in [-0.25, -0.2) is 23.1 Å². The Hall–Kier alpha value is -2.92. The first kappa shape index (κ1) is 28.6. The Morgan fingerprint density at radius 1 is 1.14 bits per heavy atom. The number of halogens is 1. The molecule has 1 heterocycles. The van der Waals surface area contributed by atoms with Crippen molar-refractivity contribution >= 4 is 38.8 Å². The number of nitrogens with zero attached hydrogens (tertiary/aromatic N) is 3. The summed E-state index contributed by atoms with van der Waals surface area (Å²) in [5, 5.41) is 6.78. The van der Waals surface area contributed by atoms with Crippen LogP contribution in [0.2, 0.25) is 5.02 Å². The van der Waals surface area contributed by atoms with Gasteiger partial charge in [-0.05, 0) is 66.2 Å². The summed E-state index contributed by atoms with van der Waals surface area (Å²) in [5.41, 5.74) is 2.27. The van der Waals surface area contributed by atoms with Crippen LogP contribution in [0.25, 0.3) is 0 Å². The van der Waals surface area contributed by atoms with Crippen molar-refractivity contribution in [2.45, 2.75) is 37.7 Å². The van der Waals surface area contributed by atoms with Crippen LogP contribution in [0.3, 0.4) is 0 Å². The average Bonchev–Trinajstić information content (AvgIpc) is 2.85. The first-order valence-corrected chi connectivity index (χ1v) is 13.9. The lowest BCUT2D eigenvalue weighted by atomic mass is 10.1. The monoisotopic (exact) mass is 546 g/mol. The lowest BCUT2D eigenvalue weighted by molar-refractivity contribution is 0.240. The predicted octanol–water partition coefficient (Wildman–Crippen LogP) is 4.52. The van der Waals surface area contributed by atoms with E-state index in [9.17, 15) is 8.42 Å². The second-order valence-corrected chi connectivity index (χ2v) is 11.3. The van der Waals surface area contributed by atoms with E-state index < -0.39 is 10.0 Å². The molecule has 0 atom stereocenters. The average molecular weight is 547 g/mol. The van der Waals surface area contributed by atoms with E-state index in [-0.39, 0.29) is 16.0 Å². The van der Waals surface area contributed by atoms with Gasteiger partial charge in [-0.2, -0.15) is 0 Å². The van der Waals surface area contributed by atoms with Crippen LogP contribution in [-0.2, 0) is 16.4 Å². The van der Waals surface area contributed by atoms with Crippen LogP contribution in [0.1, 0.15) is 31.7 Å². The normalized spacial score (nSPS) is 11.7. The van der Waals surface area contributed by atoms with Crippen molar-refractivity contribution < 1.29 is 13.2 Å². The molecule has 3 rings (SSSR count). The van der Waals surface area contributed by atoms with Crippen molar-refractivity contribution in [1.82, 2.24) is 19.6 Å². The molecule has 0 saturated carbocycles. The molecule has 0 aliphatic heterocycles. The molecule has 1 aromatic heterocycles. The molecule has 0 spiro atoms. The largest absolute Gasteiger partial charge is 0.491 e. The van der Waals surface area contributed by atoms with E-state index in [1.165, 1.54) is 19.3 Å². The molecular weight excluding hydrogens is 512 g/mol. The van der Waals surface area contributed by atoms with Gasteiger partial charge in [0, 0.05) is 30.3 Å². The second kappa shape index (κ2) is 13.0. The number of anilines is 3. The van der Waals surface area contributed by atoms with Gasteiger partial charge in [-0.1, -0.05) is 29.8 Å². The molecule has 0 aliphatic carbocycles. The molecule has 3 N–H and O–H groups in total. The van der Waals surface area contributed by atoms with Gasteiger partial charge in [0.15, 0.2) is 5.82 Å². The van der Waals surface area contributed by atoms with E-state index in [1.807, 2.05) is 32.0 Å². The third kappa shape index (κ3) is 8.29. The highest BCUT2D eigenvalue weighted by Gasteiger charge is 2.18. The Morgan fingerprint density at radius 3 is 2.59 bits per heavy atom. The molecule has 0 saturated heterocycles.